The van der Waals surface area contributed by atoms with Crippen LogP contribution in [0.2, 0.25) is 0 Å². The van der Waals surface area contributed by atoms with Gasteiger partial charge in [-0.3, -0.25) is 0 Å². The van der Waals surface area contributed by atoms with Gasteiger partial charge in [0.25, 0.3) is 10.2 Å². The first-order chi connectivity index (χ1) is 5.92. The average Bonchev–Trinajstić information content (AvgIpc) is 2.34. The van der Waals surface area contributed by atoms with Gasteiger partial charge in [-0.15, -0.1) is 0 Å². The van der Waals surface area contributed by atoms with Crippen molar-refractivity contribution in [3.8, 4) is 0 Å². The predicted octanol–water partition coefficient (Wildman–Crippen LogP) is -0.738. The molecule has 0 saturated heterocycles. The van der Waals surface area contributed by atoms with Gasteiger partial charge in [0.2, 0.25) is 0 Å². The monoisotopic (exact) mass is 207 g/mol. The van der Waals surface area contributed by atoms with Gasteiger partial charge in [-0.05, 0) is 19.3 Å². The molecule has 0 bridgehead atoms. The van der Waals surface area contributed by atoms with E-state index in [0.717, 1.165) is 19.3 Å². The minimum absolute atomic E-state index is 0.0161. The molecule has 0 heterocycles. The molecule has 0 aromatic heterocycles. The highest BCUT2D eigenvalue weighted by atomic mass is 32.2. The van der Waals surface area contributed by atoms with Crippen LogP contribution in [0.5, 0.6) is 0 Å². The van der Waals surface area contributed by atoms with E-state index < -0.39 is 10.2 Å². The second kappa shape index (κ2) is 3.91. The highest BCUT2D eigenvalue weighted by molar-refractivity contribution is 7.87. The molecule has 78 valence electrons. The molecule has 1 rings (SSSR count). The van der Waals surface area contributed by atoms with E-state index in [1.807, 2.05) is 0 Å². The van der Waals surface area contributed by atoms with E-state index in [1.165, 1.54) is 18.4 Å². The summed E-state index contributed by atoms with van der Waals surface area (Å²) in [5, 5.41) is 0. The molecule has 1 saturated carbocycles. The van der Waals surface area contributed by atoms with E-state index in [9.17, 15) is 8.42 Å². The van der Waals surface area contributed by atoms with Crippen molar-refractivity contribution in [2.45, 2.75) is 31.3 Å². The van der Waals surface area contributed by atoms with Crippen molar-refractivity contribution in [1.82, 2.24) is 9.03 Å². The smallest absolute Gasteiger partial charge is 0.279 e. The molecule has 0 amide bonds. The topological polar surface area (TPSA) is 75.4 Å². The van der Waals surface area contributed by atoms with Gasteiger partial charge in [0.05, 0.1) is 0 Å². The Labute approximate surface area is 79.5 Å². The second-order valence-corrected chi connectivity index (χ2v) is 5.59. The normalized spacial score (nSPS) is 29.8. The molecule has 0 aromatic carbocycles. The van der Waals surface area contributed by atoms with Crippen molar-refractivity contribution in [1.29, 1.82) is 0 Å². The van der Waals surface area contributed by atoms with Gasteiger partial charge in [-0.1, -0.05) is 0 Å². The van der Waals surface area contributed by atoms with Crippen molar-refractivity contribution in [3.05, 3.63) is 0 Å². The average molecular weight is 207 g/mol. The third kappa shape index (κ3) is 2.91. The molecule has 0 spiro atoms. The van der Waals surface area contributed by atoms with Gasteiger partial charge < -0.3 is 5.73 Å². The maximum Gasteiger partial charge on any atom is 0.279 e. The van der Waals surface area contributed by atoms with E-state index in [1.54, 1.807) is 0 Å². The third-order valence-electron chi connectivity index (χ3n) is 2.27. The fraction of sp³-hybridized carbons (Fsp3) is 1.00. The maximum absolute atomic E-state index is 11.4. The van der Waals surface area contributed by atoms with Gasteiger partial charge in [0.15, 0.2) is 0 Å². The van der Waals surface area contributed by atoms with Crippen molar-refractivity contribution in [3.63, 3.8) is 0 Å². The van der Waals surface area contributed by atoms with E-state index >= 15 is 0 Å². The van der Waals surface area contributed by atoms with Crippen LogP contribution in [0.15, 0.2) is 0 Å². The van der Waals surface area contributed by atoms with Gasteiger partial charge in [-0.2, -0.15) is 17.4 Å². The molecule has 13 heavy (non-hydrogen) atoms. The molecule has 5 nitrogen and oxygen atoms in total. The molecule has 2 unspecified atom stereocenters. The fourth-order valence-electron chi connectivity index (χ4n) is 1.44. The summed E-state index contributed by atoms with van der Waals surface area (Å²) in [6.07, 6.45) is 2.49. The zero-order valence-electron chi connectivity index (χ0n) is 8.03. The molecule has 1 fully saturated rings. The third-order valence-corrected chi connectivity index (χ3v) is 3.86. The Bertz CT molecular complexity index is 263. The van der Waals surface area contributed by atoms with Crippen molar-refractivity contribution < 1.29 is 8.42 Å². The van der Waals surface area contributed by atoms with E-state index in [0.29, 0.717) is 0 Å². The van der Waals surface area contributed by atoms with Crippen LogP contribution >= 0.6 is 0 Å². The van der Waals surface area contributed by atoms with E-state index in [2.05, 4.69) is 4.72 Å². The minimum Gasteiger partial charge on any atom is -0.328 e. The van der Waals surface area contributed by atoms with Crippen molar-refractivity contribution in [2.24, 2.45) is 5.73 Å². The summed E-state index contributed by atoms with van der Waals surface area (Å²) in [6, 6.07) is 0.164. The Morgan fingerprint density at radius 2 is 2.00 bits per heavy atom. The highest BCUT2D eigenvalue weighted by Gasteiger charge is 2.26. The molecule has 0 aliphatic heterocycles. The molecule has 0 radical (unpaired) electrons. The largest absolute Gasteiger partial charge is 0.328 e. The van der Waals surface area contributed by atoms with Crippen LogP contribution in [0, 0.1) is 0 Å². The van der Waals surface area contributed by atoms with Gasteiger partial charge in [0, 0.05) is 26.2 Å². The summed E-state index contributed by atoms with van der Waals surface area (Å²) in [7, 11) is -0.255. The fourth-order valence-corrected chi connectivity index (χ4v) is 2.29. The summed E-state index contributed by atoms with van der Waals surface area (Å²) >= 11 is 0. The zero-order chi connectivity index (χ0) is 10.1. The van der Waals surface area contributed by atoms with Crippen LogP contribution in [0.4, 0.5) is 0 Å². The van der Waals surface area contributed by atoms with Gasteiger partial charge in [-0.25, -0.2) is 0 Å². The molecular formula is C7H17N3O2S. The summed E-state index contributed by atoms with van der Waals surface area (Å²) in [6.45, 7) is 0. The number of rotatable bonds is 3. The summed E-state index contributed by atoms with van der Waals surface area (Å²) in [5.74, 6) is 0. The summed E-state index contributed by atoms with van der Waals surface area (Å²) < 4.78 is 26.5. The van der Waals surface area contributed by atoms with Crippen LogP contribution in [0.1, 0.15) is 19.3 Å². The lowest BCUT2D eigenvalue weighted by atomic mass is 10.2. The number of nitrogens with one attached hydrogen (secondary N) is 1. The zero-order valence-corrected chi connectivity index (χ0v) is 8.84. The molecular weight excluding hydrogens is 190 g/mol. The lowest BCUT2D eigenvalue weighted by Crippen LogP contribution is -2.41. The Balaban J connectivity index is 2.50. The van der Waals surface area contributed by atoms with Crippen LogP contribution < -0.4 is 10.5 Å². The maximum atomic E-state index is 11.4. The van der Waals surface area contributed by atoms with Gasteiger partial charge in [0.1, 0.15) is 0 Å². The number of hydrogen-bond acceptors (Lipinski definition) is 3. The van der Waals surface area contributed by atoms with Crippen molar-refractivity contribution >= 4 is 10.2 Å². The quantitative estimate of drug-likeness (QED) is 0.640. The Morgan fingerprint density at radius 1 is 1.38 bits per heavy atom. The number of nitrogens with zero attached hydrogens (tertiary/aromatic N) is 1. The first kappa shape index (κ1) is 10.9. The summed E-state index contributed by atoms with van der Waals surface area (Å²) in [4.78, 5) is 0. The SMILES string of the molecule is CN(C)S(=O)(=O)NC1CCC(N)C1. The van der Waals surface area contributed by atoms with Gasteiger partial charge >= 0.3 is 0 Å². The van der Waals surface area contributed by atoms with Crippen LogP contribution in [0.3, 0.4) is 0 Å². The number of nitrogens with two attached hydrogens (primary N) is 1. The lowest BCUT2D eigenvalue weighted by molar-refractivity contribution is 0.485. The molecule has 1 aliphatic carbocycles. The van der Waals surface area contributed by atoms with Crippen LogP contribution in [-0.2, 0) is 10.2 Å². The van der Waals surface area contributed by atoms with Crippen LogP contribution in [-0.4, -0.2) is 38.9 Å². The lowest BCUT2D eigenvalue weighted by Gasteiger charge is -2.16. The first-order valence-electron chi connectivity index (χ1n) is 4.37. The molecule has 2 atom stereocenters. The first-order valence-corrected chi connectivity index (χ1v) is 5.81. The predicted molar refractivity (Wildman–Crippen MR) is 51.4 cm³/mol. The van der Waals surface area contributed by atoms with Crippen molar-refractivity contribution in [2.75, 3.05) is 14.1 Å². The Kier molecular flexibility index (Phi) is 3.28. The highest BCUT2D eigenvalue weighted by Crippen LogP contribution is 2.17. The standard InChI is InChI=1S/C7H17N3O2S/c1-10(2)13(11,12)9-7-4-3-6(8)5-7/h6-7,9H,3-5,8H2,1-2H3. The summed E-state index contributed by atoms with van der Waals surface area (Å²) in [5.41, 5.74) is 5.67. The second-order valence-electron chi connectivity index (χ2n) is 3.68. The van der Waals surface area contributed by atoms with E-state index in [4.69, 9.17) is 5.73 Å². The number of hydrogen-bond donors (Lipinski definition) is 2. The van der Waals surface area contributed by atoms with E-state index in [-0.39, 0.29) is 12.1 Å². The molecule has 0 aromatic rings. The Hall–Kier alpha value is -0.170. The molecule has 1 aliphatic rings. The van der Waals surface area contributed by atoms with Crippen LogP contribution in [0.25, 0.3) is 0 Å². The molecule has 6 heteroatoms. The minimum atomic E-state index is -3.28. The molecule has 3 N–H and O–H groups in total. The Morgan fingerprint density at radius 3 is 2.38 bits per heavy atom.